The minimum Gasteiger partial charge on any atom is -0.496 e. The first-order chi connectivity index (χ1) is 17.3. The van der Waals surface area contributed by atoms with Crippen LogP contribution in [0.2, 0.25) is 0 Å². The molecule has 194 valence electrons. The van der Waals surface area contributed by atoms with Crippen molar-refractivity contribution < 1.29 is 9.53 Å². The van der Waals surface area contributed by atoms with Crippen molar-refractivity contribution >= 4 is 5.91 Å². The highest BCUT2D eigenvalue weighted by molar-refractivity contribution is 5.78. The van der Waals surface area contributed by atoms with Crippen molar-refractivity contribution in [1.29, 1.82) is 0 Å². The van der Waals surface area contributed by atoms with Crippen molar-refractivity contribution in [2.75, 3.05) is 7.11 Å². The first-order valence-corrected chi connectivity index (χ1v) is 13.3. The molecule has 2 unspecified atom stereocenters. The summed E-state index contributed by atoms with van der Waals surface area (Å²) >= 11 is 0. The first kappa shape index (κ1) is 27.5. The fraction of sp³-hybridized carbons (Fsp3) is 0.452. The summed E-state index contributed by atoms with van der Waals surface area (Å²) in [7, 11) is 1.69. The smallest absolute Gasteiger partial charge is 0.223 e. The van der Waals surface area contributed by atoms with Crippen molar-refractivity contribution in [3.05, 3.63) is 82.7 Å². The highest BCUT2D eigenvalue weighted by atomic mass is 16.5. The largest absolute Gasteiger partial charge is 0.496 e. The molecule has 1 aromatic heterocycles. The lowest BCUT2D eigenvalue weighted by molar-refractivity contribution is -0.124. The van der Waals surface area contributed by atoms with Crippen molar-refractivity contribution in [3.63, 3.8) is 0 Å². The van der Waals surface area contributed by atoms with Crippen molar-refractivity contribution in [2.45, 2.75) is 72.9 Å². The van der Waals surface area contributed by atoms with Crippen molar-refractivity contribution in [3.8, 4) is 11.4 Å². The summed E-state index contributed by atoms with van der Waals surface area (Å²) in [6.45, 7) is 10.9. The van der Waals surface area contributed by atoms with Gasteiger partial charge in [0.25, 0.3) is 0 Å². The van der Waals surface area contributed by atoms with Gasteiger partial charge in [0.1, 0.15) is 5.75 Å². The Balaban J connectivity index is 0.000000819. The minimum atomic E-state index is -0.351. The fourth-order valence-electron chi connectivity index (χ4n) is 4.16. The number of hydrogen-bond donors (Lipinski definition) is 2. The second kappa shape index (κ2) is 12.8. The number of aryl methyl sites for hydroxylation is 2. The number of methoxy groups -OCH3 is 1. The maximum atomic E-state index is 12.3. The zero-order valence-corrected chi connectivity index (χ0v) is 22.8. The van der Waals surface area contributed by atoms with Gasteiger partial charge in [-0.3, -0.25) is 4.79 Å². The molecule has 5 nitrogen and oxygen atoms in total. The van der Waals surface area contributed by atoms with Crippen LogP contribution in [0.25, 0.3) is 5.69 Å². The predicted molar refractivity (Wildman–Crippen MR) is 149 cm³/mol. The fourth-order valence-corrected chi connectivity index (χ4v) is 4.16. The lowest BCUT2D eigenvalue weighted by Gasteiger charge is -2.23. The Morgan fingerprint density at radius 3 is 2.47 bits per heavy atom. The van der Waals surface area contributed by atoms with E-state index in [4.69, 9.17) is 10.5 Å². The number of amides is 1. The molecule has 2 aromatic carbocycles. The van der Waals surface area contributed by atoms with E-state index in [1.165, 1.54) is 18.4 Å². The second-order valence-electron chi connectivity index (χ2n) is 10.0. The van der Waals surface area contributed by atoms with Gasteiger partial charge in [-0.05, 0) is 60.6 Å². The van der Waals surface area contributed by atoms with Gasteiger partial charge in [0, 0.05) is 23.4 Å². The molecule has 0 saturated heterocycles. The van der Waals surface area contributed by atoms with Gasteiger partial charge in [-0.1, -0.05) is 70.9 Å². The molecule has 1 aliphatic carbocycles. The van der Waals surface area contributed by atoms with Crippen LogP contribution in [0.1, 0.15) is 80.9 Å². The van der Waals surface area contributed by atoms with E-state index in [-0.39, 0.29) is 17.9 Å². The predicted octanol–water partition coefficient (Wildman–Crippen LogP) is 6.48. The molecule has 0 aliphatic heterocycles. The summed E-state index contributed by atoms with van der Waals surface area (Å²) in [5.74, 6) is 1.98. The van der Waals surface area contributed by atoms with E-state index in [1.54, 1.807) is 7.11 Å². The van der Waals surface area contributed by atoms with E-state index in [1.807, 2.05) is 57.3 Å². The van der Waals surface area contributed by atoms with Gasteiger partial charge in [0.2, 0.25) is 5.91 Å². The number of ether oxygens (including phenoxy) is 1. The first-order valence-electron chi connectivity index (χ1n) is 13.3. The Bertz CT molecular complexity index is 1150. The summed E-state index contributed by atoms with van der Waals surface area (Å²) in [6, 6.07) is 16.2. The molecule has 1 fully saturated rings. The van der Waals surface area contributed by atoms with Crippen LogP contribution >= 0.6 is 0 Å². The van der Waals surface area contributed by atoms with E-state index in [0.29, 0.717) is 6.54 Å². The van der Waals surface area contributed by atoms with Gasteiger partial charge in [0.05, 0.1) is 25.4 Å². The number of benzene rings is 2. The monoisotopic (exact) mass is 489 g/mol. The summed E-state index contributed by atoms with van der Waals surface area (Å²) in [4.78, 5) is 12.3. The standard InChI is InChI=1S/C27H35N3O2.C4H8/c1-6-18(3)27(31)29-17-21-11-9-15-30(21)24-14-13-20(7-2)16-23(24)25(28)22-12-8-10-19(4)26(22)32-5;1-4-2-3-4/h8-16,18,25H,6-7,17,28H2,1-5H3,(H,29,31);4H,2-3H2,1H3. The van der Waals surface area contributed by atoms with Crippen molar-refractivity contribution in [2.24, 2.45) is 17.6 Å². The van der Waals surface area contributed by atoms with Gasteiger partial charge in [0.15, 0.2) is 0 Å². The third-order valence-electron chi connectivity index (χ3n) is 7.08. The summed E-state index contributed by atoms with van der Waals surface area (Å²) in [6.07, 6.45) is 6.74. The molecule has 2 atom stereocenters. The number of para-hydroxylation sites is 1. The van der Waals surface area contributed by atoms with E-state index in [2.05, 4.69) is 41.9 Å². The highest BCUT2D eigenvalue weighted by Crippen LogP contribution is 2.34. The molecule has 5 heteroatoms. The number of rotatable bonds is 9. The van der Waals surface area contributed by atoms with E-state index in [0.717, 1.165) is 52.6 Å². The van der Waals surface area contributed by atoms with E-state index in [9.17, 15) is 4.79 Å². The van der Waals surface area contributed by atoms with Crippen LogP contribution in [-0.2, 0) is 17.8 Å². The van der Waals surface area contributed by atoms with E-state index < -0.39 is 0 Å². The van der Waals surface area contributed by atoms with Gasteiger partial charge in [-0.2, -0.15) is 0 Å². The SMILES string of the molecule is CC1CC1.CCc1ccc(-n2cccc2CNC(=O)C(C)CC)c(C(N)c2cccc(C)c2OC)c1. The Morgan fingerprint density at radius 1 is 1.14 bits per heavy atom. The molecule has 1 heterocycles. The second-order valence-corrected chi connectivity index (χ2v) is 10.0. The minimum absolute atomic E-state index is 0.0000169. The molecule has 1 aliphatic rings. The molecule has 36 heavy (non-hydrogen) atoms. The highest BCUT2D eigenvalue weighted by Gasteiger charge is 2.21. The number of nitrogens with one attached hydrogen (secondary N) is 1. The number of carbonyl (C=O) groups is 1. The topological polar surface area (TPSA) is 69.3 Å². The molecule has 0 bridgehead atoms. The molecule has 1 amide bonds. The van der Waals surface area contributed by atoms with Crippen LogP contribution in [-0.4, -0.2) is 17.6 Å². The third-order valence-corrected chi connectivity index (χ3v) is 7.08. The molecule has 3 aromatic rings. The van der Waals surface area contributed by atoms with Crippen LogP contribution in [0.3, 0.4) is 0 Å². The van der Waals surface area contributed by atoms with Gasteiger partial charge in [-0.25, -0.2) is 0 Å². The Labute approximate surface area is 217 Å². The van der Waals surface area contributed by atoms with E-state index >= 15 is 0 Å². The number of nitrogens with zero attached hydrogens (tertiary/aromatic N) is 1. The average Bonchev–Trinajstić information content (AvgIpc) is 3.54. The Morgan fingerprint density at radius 2 is 1.86 bits per heavy atom. The molecule has 3 N–H and O–H groups in total. The van der Waals surface area contributed by atoms with Crippen LogP contribution in [0, 0.1) is 18.8 Å². The Hall–Kier alpha value is -3.05. The summed E-state index contributed by atoms with van der Waals surface area (Å²) in [5, 5.41) is 3.06. The number of hydrogen-bond acceptors (Lipinski definition) is 3. The molecule has 0 radical (unpaired) electrons. The van der Waals surface area contributed by atoms with Crippen LogP contribution in [0.5, 0.6) is 5.75 Å². The lowest BCUT2D eigenvalue weighted by Crippen LogP contribution is -2.29. The molecule has 4 rings (SSSR count). The van der Waals surface area contributed by atoms with Crippen LogP contribution in [0.15, 0.2) is 54.7 Å². The molecule has 0 spiro atoms. The van der Waals surface area contributed by atoms with Crippen LogP contribution < -0.4 is 15.8 Å². The maximum Gasteiger partial charge on any atom is 0.223 e. The Kier molecular flexibility index (Phi) is 9.77. The van der Waals surface area contributed by atoms with Crippen LogP contribution in [0.4, 0.5) is 0 Å². The summed E-state index contributed by atoms with van der Waals surface area (Å²) < 4.78 is 7.81. The third kappa shape index (κ3) is 6.79. The van der Waals surface area contributed by atoms with Gasteiger partial charge >= 0.3 is 0 Å². The number of nitrogens with two attached hydrogens (primary N) is 1. The van der Waals surface area contributed by atoms with Gasteiger partial charge in [-0.15, -0.1) is 0 Å². The van der Waals surface area contributed by atoms with Gasteiger partial charge < -0.3 is 20.4 Å². The number of carbonyl (C=O) groups excluding carboxylic acids is 1. The zero-order chi connectivity index (χ0) is 26.2. The molecular weight excluding hydrogens is 446 g/mol. The average molecular weight is 490 g/mol. The number of aromatic nitrogens is 1. The zero-order valence-electron chi connectivity index (χ0n) is 22.8. The normalized spacial score (nSPS) is 14.4. The lowest BCUT2D eigenvalue weighted by atomic mass is 9.93. The molecule has 1 saturated carbocycles. The summed E-state index contributed by atoms with van der Waals surface area (Å²) in [5.41, 5.74) is 13.1. The van der Waals surface area contributed by atoms with Crippen molar-refractivity contribution in [1.82, 2.24) is 9.88 Å². The molecular formula is C31H43N3O2. The quantitative estimate of drug-likeness (QED) is 0.361. The maximum absolute atomic E-state index is 12.3.